The van der Waals surface area contributed by atoms with Gasteiger partial charge in [-0.25, -0.2) is 8.42 Å². The smallest absolute Gasteiger partial charge is 0.261 e. The van der Waals surface area contributed by atoms with Crippen LogP contribution in [0.1, 0.15) is 45.5 Å². The van der Waals surface area contributed by atoms with E-state index in [1.54, 1.807) is 42.5 Å². The van der Waals surface area contributed by atoms with Crippen LogP contribution in [0.25, 0.3) is 0 Å². The molecule has 0 aromatic heterocycles. The minimum Gasteiger partial charge on any atom is -0.348 e. The Morgan fingerprint density at radius 2 is 1.59 bits per heavy atom. The zero-order valence-corrected chi connectivity index (χ0v) is 20.5. The number of aryl methyl sites for hydroxylation is 2. The molecule has 0 aliphatic carbocycles. The predicted molar refractivity (Wildman–Crippen MR) is 135 cm³/mol. The van der Waals surface area contributed by atoms with Crippen molar-refractivity contribution in [1.29, 1.82) is 0 Å². The SMILES string of the molecule is Cc1ccc(S(=O)(=O)Nc2cc(C(=O)NCc3ccccc3CN3CCCC3)ccc2C)cc1. The van der Waals surface area contributed by atoms with Crippen LogP contribution in [0.4, 0.5) is 5.69 Å². The van der Waals surface area contributed by atoms with Gasteiger partial charge in [0.15, 0.2) is 0 Å². The van der Waals surface area contributed by atoms with Crippen molar-refractivity contribution in [2.75, 3.05) is 17.8 Å². The van der Waals surface area contributed by atoms with Gasteiger partial charge in [-0.1, -0.05) is 48.0 Å². The zero-order valence-electron chi connectivity index (χ0n) is 19.7. The molecule has 1 amide bonds. The van der Waals surface area contributed by atoms with Gasteiger partial charge in [0.05, 0.1) is 10.6 Å². The third kappa shape index (κ3) is 5.85. The maximum absolute atomic E-state index is 12.9. The number of carbonyl (C=O) groups excluding carboxylic acids is 1. The van der Waals surface area contributed by atoms with Crippen LogP contribution in [0, 0.1) is 13.8 Å². The second-order valence-corrected chi connectivity index (χ2v) is 10.6. The zero-order chi connectivity index (χ0) is 24.1. The van der Waals surface area contributed by atoms with E-state index in [2.05, 4.69) is 21.0 Å². The van der Waals surface area contributed by atoms with Crippen molar-refractivity contribution in [2.45, 2.75) is 44.7 Å². The molecule has 1 saturated heterocycles. The van der Waals surface area contributed by atoms with Gasteiger partial charge in [-0.2, -0.15) is 0 Å². The Morgan fingerprint density at radius 3 is 2.29 bits per heavy atom. The molecule has 3 aromatic rings. The fourth-order valence-electron chi connectivity index (χ4n) is 4.14. The van der Waals surface area contributed by atoms with Crippen LogP contribution in [-0.4, -0.2) is 32.3 Å². The normalized spacial score (nSPS) is 14.2. The minimum atomic E-state index is -3.75. The standard InChI is InChI=1S/C27H31N3O3S/c1-20-9-13-25(14-10-20)34(32,33)29-26-17-22(12-11-21(26)2)27(31)28-18-23-7-3-4-8-24(23)19-30-15-5-6-16-30/h3-4,7-14,17,29H,5-6,15-16,18-19H2,1-2H3,(H,28,31). The lowest BCUT2D eigenvalue weighted by Gasteiger charge is -2.18. The molecule has 0 spiro atoms. The largest absolute Gasteiger partial charge is 0.348 e. The first-order valence-corrected chi connectivity index (χ1v) is 13.1. The number of anilines is 1. The maximum atomic E-state index is 12.9. The number of benzene rings is 3. The van der Waals surface area contributed by atoms with Crippen LogP contribution in [0.5, 0.6) is 0 Å². The summed E-state index contributed by atoms with van der Waals surface area (Å²) in [5.74, 6) is -0.244. The average molecular weight is 478 g/mol. The number of carbonyl (C=O) groups is 1. The van der Waals surface area contributed by atoms with Crippen LogP contribution in [0.15, 0.2) is 71.6 Å². The van der Waals surface area contributed by atoms with E-state index in [1.165, 1.54) is 18.4 Å². The highest BCUT2D eigenvalue weighted by Gasteiger charge is 2.17. The fourth-order valence-corrected chi connectivity index (χ4v) is 5.26. The Hall–Kier alpha value is -3.16. The third-order valence-electron chi connectivity index (χ3n) is 6.23. The number of nitrogens with zero attached hydrogens (tertiary/aromatic N) is 1. The lowest BCUT2D eigenvalue weighted by atomic mass is 10.1. The Morgan fingerprint density at radius 1 is 0.912 bits per heavy atom. The number of sulfonamides is 1. The molecule has 3 aromatic carbocycles. The van der Waals surface area contributed by atoms with E-state index >= 15 is 0 Å². The first kappa shape index (κ1) is 24.0. The average Bonchev–Trinajstić information content (AvgIpc) is 3.33. The summed E-state index contributed by atoms with van der Waals surface area (Å²) < 4.78 is 28.3. The van der Waals surface area contributed by atoms with Gasteiger partial charge in [-0.3, -0.25) is 14.4 Å². The summed E-state index contributed by atoms with van der Waals surface area (Å²) in [5, 5.41) is 2.99. The number of nitrogens with one attached hydrogen (secondary N) is 2. The number of likely N-dealkylation sites (tertiary alicyclic amines) is 1. The molecular weight excluding hydrogens is 446 g/mol. The number of hydrogen-bond acceptors (Lipinski definition) is 4. The van der Waals surface area contributed by atoms with Crippen LogP contribution in [0.2, 0.25) is 0 Å². The van der Waals surface area contributed by atoms with E-state index in [0.29, 0.717) is 17.8 Å². The van der Waals surface area contributed by atoms with Gasteiger partial charge in [0.25, 0.3) is 15.9 Å². The van der Waals surface area contributed by atoms with Crippen LogP contribution < -0.4 is 10.0 Å². The van der Waals surface area contributed by atoms with E-state index in [-0.39, 0.29) is 10.8 Å². The quantitative estimate of drug-likeness (QED) is 0.496. The van der Waals surface area contributed by atoms with Crippen LogP contribution >= 0.6 is 0 Å². The van der Waals surface area contributed by atoms with Gasteiger partial charge >= 0.3 is 0 Å². The first-order chi connectivity index (χ1) is 16.3. The highest BCUT2D eigenvalue weighted by Crippen LogP contribution is 2.22. The lowest BCUT2D eigenvalue weighted by molar-refractivity contribution is 0.0950. The van der Waals surface area contributed by atoms with Crippen molar-refractivity contribution >= 4 is 21.6 Å². The highest BCUT2D eigenvalue weighted by atomic mass is 32.2. The molecule has 1 aliphatic rings. The molecule has 7 heteroatoms. The predicted octanol–water partition coefficient (Wildman–Crippen LogP) is 4.63. The van der Waals surface area contributed by atoms with Gasteiger partial charge in [-0.15, -0.1) is 0 Å². The molecule has 6 nitrogen and oxygen atoms in total. The Kier molecular flexibility index (Phi) is 7.34. The molecule has 1 aliphatic heterocycles. The summed E-state index contributed by atoms with van der Waals surface area (Å²) >= 11 is 0. The van der Waals surface area contributed by atoms with Crippen molar-refractivity contribution in [3.05, 3.63) is 94.5 Å². The van der Waals surface area contributed by atoms with Crippen molar-refractivity contribution in [2.24, 2.45) is 0 Å². The summed E-state index contributed by atoms with van der Waals surface area (Å²) in [5.41, 5.74) is 4.83. The molecule has 178 valence electrons. The first-order valence-electron chi connectivity index (χ1n) is 11.6. The molecule has 0 unspecified atom stereocenters. The second kappa shape index (κ2) is 10.4. The summed E-state index contributed by atoms with van der Waals surface area (Å²) in [6.07, 6.45) is 2.48. The van der Waals surface area contributed by atoms with Gasteiger partial charge in [0.2, 0.25) is 0 Å². The molecule has 1 heterocycles. The maximum Gasteiger partial charge on any atom is 0.261 e. The molecule has 34 heavy (non-hydrogen) atoms. The molecule has 0 bridgehead atoms. The van der Waals surface area contributed by atoms with E-state index < -0.39 is 10.0 Å². The summed E-state index contributed by atoms with van der Waals surface area (Å²) in [7, 11) is -3.75. The monoisotopic (exact) mass is 477 g/mol. The summed E-state index contributed by atoms with van der Waals surface area (Å²) in [6.45, 7) is 7.25. The van der Waals surface area contributed by atoms with E-state index in [4.69, 9.17) is 0 Å². The van der Waals surface area contributed by atoms with Crippen molar-refractivity contribution in [1.82, 2.24) is 10.2 Å². The number of amides is 1. The van der Waals surface area contributed by atoms with Gasteiger partial charge in [-0.05, 0) is 80.7 Å². The highest BCUT2D eigenvalue weighted by molar-refractivity contribution is 7.92. The molecule has 0 atom stereocenters. The van der Waals surface area contributed by atoms with Crippen LogP contribution in [-0.2, 0) is 23.1 Å². The van der Waals surface area contributed by atoms with E-state index in [0.717, 1.165) is 36.3 Å². The van der Waals surface area contributed by atoms with Gasteiger partial charge < -0.3 is 5.32 Å². The molecule has 0 saturated carbocycles. The third-order valence-corrected chi connectivity index (χ3v) is 7.61. The number of rotatable bonds is 8. The van der Waals surface area contributed by atoms with E-state index in [9.17, 15) is 13.2 Å². The Balaban J connectivity index is 1.46. The van der Waals surface area contributed by atoms with Crippen molar-refractivity contribution < 1.29 is 13.2 Å². The second-order valence-electron chi connectivity index (χ2n) is 8.88. The molecule has 1 fully saturated rings. The Labute approximate surface area is 202 Å². The molecular formula is C27H31N3O3S. The molecule has 0 radical (unpaired) electrons. The van der Waals surface area contributed by atoms with E-state index in [1.807, 2.05) is 32.0 Å². The number of hydrogen-bond donors (Lipinski definition) is 2. The van der Waals surface area contributed by atoms with Crippen LogP contribution in [0.3, 0.4) is 0 Å². The van der Waals surface area contributed by atoms with Crippen molar-refractivity contribution in [3.8, 4) is 0 Å². The summed E-state index contributed by atoms with van der Waals surface area (Å²) in [6, 6.07) is 19.9. The molecule has 2 N–H and O–H groups in total. The Bertz CT molecular complexity index is 1260. The van der Waals surface area contributed by atoms with Crippen molar-refractivity contribution in [3.63, 3.8) is 0 Å². The molecule has 4 rings (SSSR count). The van der Waals surface area contributed by atoms with Gasteiger partial charge in [0, 0.05) is 18.7 Å². The minimum absolute atomic E-state index is 0.182. The topological polar surface area (TPSA) is 78.5 Å². The lowest BCUT2D eigenvalue weighted by Crippen LogP contribution is -2.25. The fraction of sp³-hybridized carbons (Fsp3) is 0.296. The summed E-state index contributed by atoms with van der Waals surface area (Å²) in [4.78, 5) is 15.5. The van der Waals surface area contributed by atoms with Gasteiger partial charge in [0.1, 0.15) is 0 Å².